The molecular weight excluding hydrogens is 324 g/mol. The Morgan fingerprint density at radius 2 is 1.35 bits per heavy atom. The highest BCUT2D eigenvalue weighted by Crippen LogP contribution is 2.33. The van der Waals surface area contributed by atoms with Gasteiger partial charge in [0, 0.05) is 16.7 Å². The summed E-state index contributed by atoms with van der Waals surface area (Å²) in [6, 6.07) is 25.9. The molecule has 0 fully saturated rings. The summed E-state index contributed by atoms with van der Waals surface area (Å²) in [5, 5.41) is 15.1. The monoisotopic (exact) mass is 340 g/mol. The van der Waals surface area contributed by atoms with Crippen LogP contribution >= 0.6 is 0 Å². The summed E-state index contributed by atoms with van der Waals surface area (Å²) >= 11 is 0. The van der Waals surface area contributed by atoms with Crippen molar-refractivity contribution in [2.24, 2.45) is 5.10 Å². The SMILES string of the molecule is O=C1C(/C(=N/Nc2ccccc2)c2ccccc2)=C(O)c2ccccc21. The summed E-state index contributed by atoms with van der Waals surface area (Å²) < 4.78 is 0. The smallest absolute Gasteiger partial charge is 0.199 e. The largest absolute Gasteiger partial charge is 0.506 e. The van der Waals surface area contributed by atoms with Gasteiger partial charge in [-0.3, -0.25) is 10.2 Å². The molecule has 3 aromatic carbocycles. The Kier molecular flexibility index (Phi) is 4.07. The Hall–Kier alpha value is -3.66. The van der Waals surface area contributed by atoms with Crippen LogP contribution in [0.25, 0.3) is 5.76 Å². The Morgan fingerprint density at radius 1 is 0.769 bits per heavy atom. The van der Waals surface area contributed by atoms with E-state index < -0.39 is 0 Å². The molecular formula is C22H16N2O2. The lowest BCUT2D eigenvalue weighted by Gasteiger charge is -2.09. The average molecular weight is 340 g/mol. The fourth-order valence-corrected chi connectivity index (χ4v) is 2.98. The number of rotatable bonds is 4. The minimum absolute atomic E-state index is 0.0388. The van der Waals surface area contributed by atoms with E-state index in [0.29, 0.717) is 16.8 Å². The van der Waals surface area contributed by atoms with E-state index in [1.54, 1.807) is 24.3 Å². The third kappa shape index (κ3) is 2.78. The van der Waals surface area contributed by atoms with Crippen molar-refractivity contribution in [2.75, 3.05) is 5.43 Å². The van der Waals surface area contributed by atoms with Crippen molar-refractivity contribution in [1.82, 2.24) is 0 Å². The van der Waals surface area contributed by atoms with Crippen molar-refractivity contribution in [3.05, 3.63) is 107 Å². The van der Waals surface area contributed by atoms with E-state index in [1.165, 1.54) is 0 Å². The summed E-state index contributed by atoms with van der Waals surface area (Å²) in [6.07, 6.45) is 0. The zero-order valence-electron chi connectivity index (χ0n) is 13.9. The number of para-hydroxylation sites is 1. The van der Waals surface area contributed by atoms with Crippen molar-refractivity contribution in [1.29, 1.82) is 0 Å². The Labute approximate surface area is 151 Å². The fraction of sp³-hybridized carbons (Fsp3) is 0. The minimum atomic E-state index is -0.226. The normalized spacial score (nSPS) is 13.7. The molecule has 0 aliphatic heterocycles. The van der Waals surface area contributed by atoms with Crippen LogP contribution in [0.4, 0.5) is 5.69 Å². The minimum Gasteiger partial charge on any atom is -0.506 e. The molecule has 0 saturated carbocycles. The fourth-order valence-electron chi connectivity index (χ4n) is 2.98. The first kappa shape index (κ1) is 15.8. The molecule has 0 bridgehead atoms. The number of hydrazone groups is 1. The van der Waals surface area contributed by atoms with Gasteiger partial charge in [0.2, 0.25) is 0 Å². The van der Waals surface area contributed by atoms with Gasteiger partial charge in [0.1, 0.15) is 11.5 Å². The zero-order chi connectivity index (χ0) is 17.9. The topological polar surface area (TPSA) is 61.7 Å². The average Bonchev–Trinajstić information content (AvgIpc) is 2.95. The maximum atomic E-state index is 12.9. The maximum absolute atomic E-state index is 12.9. The predicted octanol–water partition coefficient (Wildman–Crippen LogP) is 4.67. The highest BCUT2D eigenvalue weighted by molar-refractivity contribution is 6.39. The van der Waals surface area contributed by atoms with Crippen LogP contribution in [0.3, 0.4) is 0 Å². The molecule has 126 valence electrons. The number of fused-ring (bicyclic) bond motifs is 1. The van der Waals surface area contributed by atoms with Gasteiger partial charge in [-0.25, -0.2) is 0 Å². The van der Waals surface area contributed by atoms with Gasteiger partial charge >= 0.3 is 0 Å². The second kappa shape index (κ2) is 6.69. The number of hydrogen-bond acceptors (Lipinski definition) is 4. The highest BCUT2D eigenvalue weighted by Gasteiger charge is 2.33. The quantitative estimate of drug-likeness (QED) is 0.536. The van der Waals surface area contributed by atoms with Crippen LogP contribution in [-0.2, 0) is 0 Å². The van der Waals surface area contributed by atoms with Crippen molar-refractivity contribution in [3.63, 3.8) is 0 Å². The van der Waals surface area contributed by atoms with E-state index in [1.807, 2.05) is 60.7 Å². The molecule has 4 rings (SSSR count). The Bertz CT molecular complexity index is 1020. The number of hydrogen-bond donors (Lipinski definition) is 2. The number of aliphatic hydroxyl groups is 1. The third-order valence-corrected chi connectivity index (χ3v) is 4.25. The van der Waals surface area contributed by atoms with Crippen molar-refractivity contribution < 1.29 is 9.90 Å². The first-order valence-corrected chi connectivity index (χ1v) is 8.27. The number of aliphatic hydroxyl groups excluding tert-OH is 1. The van der Waals surface area contributed by atoms with Crippen LogP contribution in [0.2, 0.25) is 0 Å². The number of carbonyl (C=O) groups is 1. The van der Waals surface area contributed by atoms with Gasteiger partial charge in [0.15, 0.2) is 5.78 Å². The summed E-state index contributed by atoms with van der Waals surface area (Å²) in [6.45, 7) is 0. The van der Waals surface area contributed by atoms with Crippen molar-refractivity contribution >= 4 is 22.9 Å². The summed E-state index contributed by atoms with van der Waals surface area (Å²) in [5.41, 5.74) is 6.17. The molecule has 0 heterocycles. The van der Waals surface area contributed by atoms with Crippen LogP contribution < -0.4 is 5.43 Å². The Balaban J connectivity index is 1.82. The van der Waals surface area contributed by atoms with E-state index in [-0.39, 0.29) is 17.1 Å². The number of carbonyl (C=O) groups excluding carboxylic acids is 1. The van der Waals surface area contributed by atoms with Gasteiger partial charge in [0.25, 0.3) is 0 Å². The Morgan fingerprint density at radius 3 is 2.00 bits per heavy atom. The maximum Gasteiger partial charge on any atom is 0.199 e. The van der Waals surface area contributed by atoms with E-state index >= 15 is 0 Å². The molecule has 3 aromatic rings. The molecule has 4 heteroatoms. The standard InChI is InChI=1S/C22H16N2O2/c25-21-17-13-7-8-14-18(17)22(26)19(21)20(15-9-3-1-4-10-15)24-23-16-11-5-2-6-12-16/h1-14,23,25H/b24-20+. The van der Waals surface area contributed by atoms with E-state index in [2.05, 4.69) is 10.5 Å². The lowest BCUT2D eigenvalue weighted by molar-refractivity contribution is 0.104. The predicted molar refractivity (Wildman–Crippen MR) is 103 cm³/mol. The number of allylic oxidation sites excluding steroid dienone is 1. The highest BCUT2D eigenvalue weighted by atomic mass is 16.3. The van der Waals surface area contributed by atoms with E-state index in [0.717, 1.165) is 11.3 Å². The van der Waals surface area contributed by atoms with Gasteiger partial charge in [-0.15, -0.1) is 0 Å². The van der Waals surface area contributed by atoms with Gasteiger partial charge in [-0.05, 0) is 12.1 Å². The molecule has 0 aromatic heterocycles. The van der Waals surface area contributed by atoms with Crippen LogP contribution in [0, 0.1) is 0 Å². The molecule has 2 N–H and O–H groups in total. The van der Waals surface area contributed by atoms with Crippen LogP contribution in [0.15, 0.2) is 95.6 Å². The van der Waals surface area contributed by atoms with Gasteiger partial charge in [-0.2, -0.15) is 5.10 Å². The van der Waals surface area contributed by atoms with Crippen molar-refractivity contribution in [3.8, 4) is 0 Å². The summed E-state index contributed by atoms with van der Waals surface area (Å²) in [4.78, 5) is 12.9. The van der Waals surface area contributed by atoms with E-state index in [4.69, 9.17) is 0 Å². The first-order chi connectivity index (χ1) is 12.8. The van der Waals surface area contributed by atoms with Gasteiger partial charge < -0.3 is 5.11 Å². The molecule has 0 amide bonds. The van der Waals surface area contributed by atoms with Crippen LogP contribution in [0.1, 0.15) is 21.5 Å². The molecule has 0 radical (unpaired) electrons. The number of nitrogens with zero attached hydrogens (tertiary/aromatic N) is 1. The van der Waals surface area contributed by atoms with Crippen LogP contribution in [-0.4, -0.2) is 16.6 Å². The zero-order valence-corrected chi connectivity index (χ0v) is 13.9. The lowest BCUT2D eigenvalue weighted by atomic mass is 9.99. The number of Topliss-reactive ketones (excluding diaryl/α,β-unsaturated/α-hetero) is 1. The number of nitrogens with one attached hydrogen (secondary N) is 1. The van der Waals surface area contributed by atoms with Gasteiger partial charge in [0.05, 0.1) is 11.3 Å². The summed E-state index contributed by atoms with van der Waals surface area (Å²) in [7, 11) is 0. The van der Waals surface area contributed by atoms with E-state index in [9.17, 15) is 9.90 Å². The summed E-state index contributed by atoms with van der Waals surface area (Å²) in [5.74, 6) is -0.265. The van der Waals surface area contributed by atoms with Crippen molar-refractivity contribution in [2.45, 2.75) is 0 Å². The number of benzene rings is 3. The van der Waals surface area contributed by atoms with Crippen LogP contribution in [0.5, 0.6) is 0 Å². The molecule has 0 saturated heterocycles. The lowest BCUT2D eigenvalue weighted by Crippen LogP contribution is -2.14. The van der Waals surface area contributed by atoms with Gasteiger partial charge in [-0.1, -0.05) is 72.8 Å². The molecule has 0 unspecified atom stereocenters. The molecule has 0 atom stereocenters. The molecule has 4 nitrogen and oxygen atoms in total. The third-order valence-electron chi connectivity index (χ3n) is 4.25. The second-order valence-electron chi connectivity index (χ2n) is 5.90. The number of ketones is 1. The second-order valence-corrected chi connectivity index (χ2v) is 5.90. The number of anilines is 1. The molecule has 1 aliphatic carbocycles. The first-order valence-electron chi connectivity index (χ1n) is 8.27. The molecule has 26 heavy (non-hydrogen) atoms. The molecule has 1 aliphatic rings. The molecule has 0 spiro atoms.